The highest BCUT2D eigenvalue weighted by atomic mass is 16.5. The number of benzene rings is 2. The fourth-order valence-electron chi connectivity index (χ4n) is 2.80. The van der Waals surface area contributed by atoms with E-state index in [0.717, 1.165) is 29.7 Å². The zero-order valence-electron chi connectivity index (χ0n) is 14.8. The van der Waals surface area contributed by atoms with Crippen LogP contribution in [0, 0.1) is 11.3 Å². The van der Waals surface area contributed by atoms with E-state index in [2.05, 4.69) is 32.0 Å². The Morgan fingerprint density at radius 1 is 0.875 bits per heavy atom. The molecule has 0 saturated heterocycles. The van der Waals surface area contributed by atoms with Gasteiger partial charge in [0.2, 0.25) is 0 Å². The van der Waals surface area contributed by atoms with Gasteiger partial charge in [0, 0.05) is 0 Å². The van der Waals surface area contributed by atoms with Crippen LogP contribution in [0.15, 0.2) is 48.5 Å². The summed E-state index contributed by atoms with van der Waals surface area (Å²) in [4.78, 5) is 0. The van der Waals surface area contributed by atoms with Gasteiger partial charge in [-0.2, -0.15) is 5.26 Å². The van der Waals surface area contributed by atoms with Gasteiger partial charge >= 0.3 is 0 Å². The van der Waals surface area contributed by atoms with E-state index < -0.39 is 0 Å². The van der Waals surface area contributed by atoms with Crippen LogP contribution in [0.25, 0.3) is 11.1 Å². The molecule has 0 unspecified atom stereocenters. The van der Waals surface area contributed by atoms with Crippen LogP contribution in [0.5, 0.6) is 5.75 Å². The normalized spacial score (nSPS) is 11.7. The van der Waals surface area contributed by atoms with Gasteiger partial charge in [-0.1, -0.05) is 57.4 Å². The Kier molecular flexibility index (Phi) is 7.36. The smallest absolute Gasteiger partial charge is 0.119 e. The number of hydrogen-bond donors (Lipinski definition) is 0. The van der Waals surface area contributed by atoms with E-state index in [9.17, 15) is 0 Å². The van der Waals surface area contributed by atoms with Gasteiger partial charge in [0.15, 0.2) is 0 Å². The van der Waals surface area contributed by atoms with Crippen LogP contribution in [-0.2, 0) is 0 Å². The molecule has 0 N–H and O–H groups in total. The highest BCUT2D eigenvalue weighted by molar-refractivity contribution is 5.64. The molecule has 0 fully saturated rings. The third kappa shape index (κ3) is 5.42. The highest BCUT2D eigenvalue weighted by Gasteiger charge is 2.08. The molecule has 0 heterocycles. The Bertz CT molecular complexity index is 637. The van der Waals surface area contributed by atoms with Gasteiger partial charge < -0.3 is 4.74 Å². The van der Waals surface area contributed by atoms with Crippen LogP contribution in [0.1, 0.15) is 57.9 Å². The van der Waals surface area contributed by atoms with E-state index in [0.29, 0.717) is 11.7 Å². The summed E-state index contributed by atoms with van der Waals surface area (Å²) in [6, 6.07) is 18.1. The predicted molar refractivity (Wildman–Crippen MR) is 100 cm³/mol. The summed E-state index contributed by atoms with van der Waals surface area (Å²) < 4.78 is 6.13. The maximum Gasteiger partial charge on any atom is 0.119 e. The van der Waals surface area contributed by atoms with Gasteiger partial charge in [0.25, 0.3) is 0 Å². The summed E-state index contributed by atoms with van der Waals surface area (Å²) in [5, 5.41) is 8.87. The first-order valence-electron chi connectivity index (χ1n) is 9.04. The summed E-state index contributed by atoms with van der Waals surface area (Å²) in [5.74, 6) is 0.940. The van der Waals surface area contributed by atoms with Gasteiger partial charge in [0.1, 0.15) is 5.75 Å². The van der Waals surface area contributed by atoms with E-state index in [1.165, 1.54) is 25.7 Å². The van der Waals surface area contributed by atoms with E-state index in [1.807, 2.05) is 36.4 Å². The first-order valence-corrected chi connectivity index (χ1v) is 9.04. The molecule has 0 aromatic heterocycles. The van der Waals surface area contributed by atoms with Crippen molar-refractivity contribution >= 4 is 0 Å². The topological polar surface area (TPSA) is 33.0 Å². The van der Waals surface area contributed by atoms with E-state index in [4.69, 9.17) is 10.00 Å². The molecule has 2 nitrogen and oxygen atoms in total. The average molecular weight is 321 g/mol. The van der Waals surface area contributed by atoms with Crippen molar-refractivity contribution in [3.63, 3.8) is 0 Å². The molecular weight excluding hydrogens is 294 g/mol. The van der Waals surface area contributed by atoms with Crippen molar-refractivity contribution < 1.29 is 4.74 Å². The zero-order valence-corrected chi connectivity index (χ0v) is 14.8. The molecule has 2 rings (SSSR count). The maximum absolute atomic E-state index is 8.87. The summed E-state index contributed by atoms with van der Waals surface area (Å²) in [7, 11) is 0. The number of ether oxygens (including phenoxy) is 1. The number of unbranched alkanes of at least 4 members (excludes halogenated alkanes) is 3. The summed E-state index contributed by atoms with van der Waals surface area (Å²) >= 11 is 0. The molecule has 0 amide bonds. The third-order valence-electron chi connectivity index (χ3n) is 4.34. The molecule has 2 aromatic carbocycles. The first-order chi connectivity index (χ1) is 11.8. The van der Waals surface area contributed by atoms with Crippen molar-refractivity contribution in [1.29, 1.82) is 5.26 Å². The molecule has 1 atom stereocenters. The molecule has 2 aromatic rings. The highest BCUT2D eigenvalue weighted by Crippen LogP contribution is 2.24. The summed E-state index contributed by atoms with van der Waals surface area (Å²) in [5.41, 5.74) is 2.95. The molecule has 2 heteroatoms. The van der Waals surface area contributed by atoms with Gasteiger partial charge in [-0.3, -0.25) is 0 Å². The maximum atomic E-state index is 8.87. The van der Waals surface area contributed by atoms with Crippen molar-refractivity contribution in [1.82, 2.24) is 0 Å². The molecule has 24 heavy (non-hydrogen) atoms. The SMILES string of the molecule is CCCCCC[C@@H](CC)Oc1ccc(-c2ccc(C#N)cc2)cc1. The molecule has 0 aliphatic carbocycles. The number of nitrogens with zero attached hydrogens (tertiary/aromatic N) is 1. The summed E-state index contributed by atoms with van der Waals surface area (Å²) in [6.45, 7) is 4.43. The average Bonchev–Trinajstić information content (AvgIpc) is 2.65. The van der Waals surface area contributed by atoms with Crippen LogP contribution >= 0.6 is 0 Å². The van der Waals surface area contributed by atoms with Crippen molar-refractivity contribution in [2.24, 2.45) is 0 Å². The lowest BCUT2D eigenvalue weighted by atomic mass is 10.0. The number of rotatable bonds is 9. The molecule has 0 saturated carbocycles. The van der Waals surface area contributed by atoms with Gasteiger partial charge in [-0.15, -0.1) is 0 Å². The lowest BCUT2D eigenvalue weighted by Gasteiger charge is -2.18. The fraction of sp³-hybridized carbons (Fsp3) is 0.409. The Hall–Kier alpha value is -2.27. The molecular formula is C22H27NO. The Morgan fingerprint density at radius 3 is 2.04 bits per heavy atom. The summed E-state index contributed by atoms with van der Waals surface area (Å²) in [6.07, 6.45) is 7.62. The molecule has 0 radical (unpaired) electrons. The molecule has 0 aliphatic heterocycles. The van der Waals surface area contributed by atoms with Crippen molar-refractivity contribution in [2.45, 2.75) is 58.5 Å². The third-order valence-corrected chi connectivity index (χ3v) is 4.34. The lowest BCUT2D eigenvalue weighted by molar-refractivity contribution is 0.182. The van der Waals surface area contributed by atoms with Gasteiger partial charge in [-0.05, 0) is 54.7 Å². The fourth-order valence-corrected chi connectivity index (χ4v) is 2.80. The van der Waals surface area contributed by atoms with E-state index in [-0.39, 0.29) is 0 Å². The van der Waals surface area contributed by atoms with Crippen LogP contribution < -0.4 is 4.74 Å². The minimum Gasteiger partial charge on any atom is -0.490 e. The van der Waals surface area contributed by atoms with Crippen LogP contribution in [0.2, 0.25) is 0 Å². The van der Waals surface area contributed by atoms with Crippen LogP contribution in [0.4, 0.5) is 0 Å². The molecule has 0 bridgehead atoms. The molecule has 0 spiro atoms. The minimum absolute atomic E-state index is 0.308. The predicted octanol–water partition coefficient (Wildman–Crippen LogP) is 6.35. The van der Waals surface area contributed by atoms with Gasteiger partial charge in [0.05, 0.1) is 17.7 Å². The number of nitriles is 1. The second-order valence-corrected chi connectivity index (χ2v) is 6.21. The largest absolute Gasteiger partial charge is 0.490 e. The van der Waals surface area contributed by atoms with Crippen LogP contribution in [-0.4, -0.2) is 6.10 Å². The van der Waals surface area contributed by atoms with Crippen LogP contribution in [0.3, 0.4) is 0 Å². The van der Waals surface area contributed by atoms with Crippen molar-refractivity contribution in [2.75, 3.05) is 0 Å². The quantitative estimate of drug-likeness (QED) is 0.504. The van der Waals surface area contributed by atoms with Gasteiger partial charge in [-0.25, -0.2) is 0 Å². The Morgan fingerprint density at radius 2 is 1.50 bits per heavy atom. The Balaban J connectivity index is 1.94. The first kappa shape index (κ1) is 18.1. The Labute approximate surface area is 146 Å². The second kappa shape index (κ2) is 9.78. The monoisotopic (exact) mass is 321 g/mol. The second-order valence-electron chi connectivity index (χ2n) is 6.21. The van der Waals surface area contributed by atoms with E-state index in [1.54, 1.807) is 0 Å². The number of hydrogen-bond acceptors (Lipinski definition) is 2. The van der Waals surface area contributed by atoms with Crippen molar-refractivity contribution in [3.05, 3.63) is 54.1 Å². The molecule has 0 aliphatic rings. The zero-order chi connectivity index (χ0) is 17.2. The van der Waals surface area contributed by atoms with E-state index >= 15 is 0 Å². The minimum atomic E-state index is 0.308. The standard InChI is InChI=1S/C22H27NO/c1-3-5-6-7-8-21(4-2)24-22-15-13-20(14-16-22)19-11-9-18(17-23)10-12-19/h9-16,21H,3-8H2,1-2H3/t21-/m1/s1. The molecule has 126 valence electrons. The van der Waals surface area contributed by atoms with Crippen molar-refractivity contribution in [3.8, 4) is 22.9 Å². The lowest BCUT2D eigenvalue weighted by Crippen LogP contribution is -2.15.